The average molecular weight is 263 g/mol. The number of hydrogen-bond acceptors (Lipinski definition) is 5. The molecule has 0 aliphatic rings. The monoisotopic (exact) mass is 263 g/mol. The molecule has 0 amide bonds. The van der Waals surface area contributed by atoms with Crippen LogP contribution in [0.4, 0.5) is 5.82 Å². The van der Waals surface area contributed by atoms with Crippen molar-refractivity contribution in [3.05, 3.63) is 28.9 Å². The Morgan fingerprint density at radius 3 is 2.89 bits per heavy atom. The van der Waals surface area contributed by atoms with Crippen molar-refractivity contribution in [2.24, 2.45) is 0 Å². The van der Waals surface area contributed by atoms with Crippen molar-refractivity contribution in [1.82, 2.24) is 9.97 Å². The lowest BCUT2D eigenvalue weighted by Gasteiger charge is -2.06. The first-order valence-corrected chi connectivity index (χ1v) is 6.18. The number of thiophene rings is 1. The maximum atomic E-state index is 11.1. The summed E-state index contributed by atoms with van der Waals surface area (Å²) in [6, 6.07) is 0. The second-order valence-electron chi connectivity index (χ2n) is 4.07. The number of carboxylic acids is 1. The van der Waals surface area contributed by atoms with E-state index in [-0.39, 0.29) is 0 Å². The minimum absolute atomic E-state index is 0.309. The number of fused-ring (bicyclic) bond motifs is 1. The van der Waals surface area contributed by atoms with Crippen LogP contribution in [-0.4, -0.2) is 27.6 Å². The first-order chi connectivity index (χ1) is 8.50. The highest BCUT2D eigenvalue weighted by Gasteiger charge is 2.18. The summed E-state index contributed by atoms with van der Waals surface area (Å²) in [5.41, 5.74) is 1.68. The second-order valence-corrected chi connectivity index (χ2v) is 5.07. The fraction of sp³-hybridized carbons (Fsp3) is 0.250. The van der Waals surface area contributed by atoms with Gasteiger partial charge in [-0.15, -0.1) is 11.3 Å². The molecule has 18 heavy (non-hydrogen) atoms. The molecule has 94 valence electrons. The van der Waals surface area contributed by atoms with Gasteiger partial charge in [0.2, 0.25) is 0 Å². The van der Waals surface area contributed by atoms with E-state index in [0.717, 1.165) is 11.0 Å². The van der Waals surface area contributed by atoms with Crippen LogP contribution < -0.4 is 5.32 Å². The van der Waals surface area contributed by atoms with Crippen LogP contribution >= 0.6 is 11.3 Å². The number of aryl methyl sites for hydroxylation is 1. The third-order valence-electron chi connectivity index (χ3n) is 2.48. The van der Waals surface area contributed by atoms with Gasteiger partial charge in [-0.05, 0) is 19.4 Å². The van der Waals surface area contributed by atoms with Crippen molar-refractivity contribution in [3.63, 3.8) is 0 Å². The van der Waals surface area contributed by atoms with Crippen LogP contribution in [-0.2, 0) is 0 Å². The average Bonchev–Trinajstić information content (AvgIpc) is 2.65. The van der Waals surface area contributed by atoms with Gasteiger partial charge in [0.05, 0.1) is 5.39 Å². The highest BCUT2D eigenvalue weighted by atomic mass is 32.1. The van der Waals surface area contributed by atoms with Gasteiger partial charge >= 0.3 is 5.97 Å². The molecule has 0 unspecified atom stereocenters. The van der Waals surface area contributed by atoms with Gasteiger partial charge < -0.3 is 10.4 Å². The molecule has 2 rings (SSSR count). The van der Waals surface area contributed by atoms with Gasteiger partial charge in [-0.1, -0.05) is 12.2 Å². The number of anilines is 1. The maximum absolute atomic E-state index is 11.1. The van der Waals surface area contributed by atoms with Crippen LogP contribution in [0.2, 0.25) is 0 Å². The largest absolute Gasteiger partial charge is 0.477 e. The number of carbonyl (C=O) groups is 1. The molecule has 2 aromatic heterocycles. The Morgan fingerprint density at radius 2 is 2.28 bits per heavy atom. The number of carboxylic acid groups (broad SMARTS) is 1. The Balaban J connectivity index is 2.54. The van der Waals surface area contributed by atoms with E-state index in [0.29, 0.717) is 27.6 Å². The number of aromatic nitrogens is 2. The summed E-state index contributed by atoms with van der Waals surface area (Å²) >= 11 is 1.17. The summed E-state index contributed by atoms with van der Waals surface area (Å²) in [5.74, 6) is -0.273. The molecule has 6 heteroatoms. The Hall–Kier alpha value is -1.95. The SMILES string of the molecule is C=C(C)CNc1ncnc2sc(C(=O)O)c(C)c12. The summed E-state index contributed by atoms with van der Waals surface area (Å²) in [6.07, 6.45) is 1.44. The summed E-state index contributed by atoms with van der Waals surface area (Å²) in [7, 11) is 0. The van der Waals surface area contributed by atoms with Crippen molar-refractivity contribution < 1.29 is 9.90 Å². The molecule has 0 atom stereocenters. The lowest BCUT2D eigenvalue weighted by atomic mass is 10.2. The minimum atomic E-state index is -0.929. The second kappa shape index (κ2) is 4.73. The number of hydrogen-bond donors (Lipinski definition) is 2. The van der Waals surface area contributed by atoms with E-state index in [2.05, 4.69) is 21.9 Å². The molecule has 0 aliphatic heterocycles. The van der Waals surface area contributed by atoms with Crippen LogP contribution in [0.5, 0.6) is 0 Å². The number of nitrogens with zero attached hydrogens (tertiary/aromatic N) is 2. The van der Waals surface area contributed by atoms with Crippen molar-refractivity contribution in [3.8, 4) is 0 Å². The van der Waals surface area contributed by atoms with Crippen molar-refractivity contribution in [2.45, 2.75) is 13.8 Å². The molecule has 0 saturated carbocycles. The molecule has 2 N–H and O–H groups in total. The van der Waals surface area contributed by atoms with E-state index in [1.807, 2.05) is 6.92 Å². The molecule has 2 heterocycles. The third-order valence-corrected chi connectivity index (χ3v) is 3.67. The predicted molar refractivity (Wildman–Crippen MR) is 72.4 cm³/mol. The zero-order valence-corrected chi connectivity index (χ0v) is 11.0. The van der Waals surface area contributed by atoms with E-state index >= 15 is 0 Å². The fourth-order valence-electron chi connectivity index (χ4n) is 1.64. The molecule has 0 aliphatic carbocycles. The van der Waals surface area contributed by atoms with Crippen molar-refractivity contribution in [2.75, 3.05) is 11.9 Å². The molecular weight excluding hydrogens is 250 g/mol. The number of aromatic carboxylic acids is 1. The topological polar surface area (TPSA) is 75.1 Å². The first kappa shape index (κ1) is 12.5. The van der Waals surface area contributed by atoms with Gasteiger partial charge in [-0.3, -0.25) is 0 Å². The van der Waals surface area contributed by atoms with E-state index < -0.39 is 5.97 Å². The van der Waals surface area contributed by atoms with Crippen LogP contribution in [0, 0.1) is 6.92 Å². The van der Waals surface area contributed by atoms with Crippen molar-refractivity contribution >= 4 is 33.3 Å². The zero-order chi connectivity index (χ0) is 13.3. The molecule has 0 saturated heterocycles. The number of rotatable bonds is 4. The molecule has 0 fully saturated rings. The summed E-state index contributed by atoms with van der Waals surface area (Å²) in [6.45, 7) is 8.10. The molecule has 0 bridgehead atoms. The lowest BCUT2D eigenvalue weighted by molar-refractivity contribution is 0.0701. The summed E-state index contributed by atoms with van der Waals surface area (Å²) in [5, 5.41) is 13.0. The summed E-state index contributed by atoms with van der Waals surface area (Å²) < 4.78 is 0. The van der Waals surface area contributed by atoms with E-state index in [4.69, 9.17) is 5.11 Å². The smallest absolute Gasteiger partial charge is 0.346 e. The van der Waals surface area contributed by atoms with E-state index in [1.54, 1.807) is 6.92 Å². The Kier molecular flexibility index (Phi) is 3.29. The molecule has 0 radical (unpaired) electrons. The lowest BCUT2D eigenvalue weighted by Crippen LogP contribution is -2.04. The zero-order valence-electron chi connectivity index (χ0n) is 10.1. The summed E-state index contributed by atoms with van der Waals surface area (Å²) in [4.78, 5) is 20.4. The van der Waals surface area contributed by atoms with Crippen LogP contribution in [0.15, 0.2) is 18.5 Å². The quantitative estimate of drug-likeness (QED) is 0.829. The minimum Gasteiger partial charge on any atom is -0.477 e. The van der Waals surface area contributed by atoms with Gasteiger partial charge in [0, 0.05) is 6.54 Å². The van der Waals surface area contributed by atoms with Crippen LogP contribution in [0.1, 0.15) is 22.2 Å². The fourth-order valence-corrected chi connectivity index (χ4v) is 2.63. The molecule has 5 nitrogen and oxygen atoms in total. The van der Waals surface area contributed by atoms with Gasteiger partial charge in [0.15, 0.2) is 0 Å². The maximum Gasteiger partial charge on any atom is 0.346 e. The van der Waals surface area contributed by atoms with Gasteiger partial charge in [0.1, 0.15) is 21.9 Å². The van der Waals surface area contributed by atoms with Gasteiger partial charge in [-0.25, -0.2) is 14.8 Å². The third kappa shape index (κ3) is 2.19. The standard InChI is InChI=1S/C12H13N3O2S/c1-6(2)4-13-10-8-7(3)9(12(16)17)18-11(8)15-5-14-10/h5H,1,4H2,2-3H3,(H,16,17)(H,13,14,15). The molecular formula is C12H13N3O2S. The van der Waals surface area contributed by atoms with E-state index in [9.17, 15) is 4.79 Å². The van der Waals surface area contributed by atoms with Crippen LogP contribution in [0.25, 0.3) is 10.2 Å². The highest BCUT2D eigenvalue weighted by molar-refractivity contribution is 7.20. The first-order valence-electron chi connectivity index (χ1n) is 5.36. The Bertz CT molecular complexity index is 634. The van der Waals surface area contributed by atoms with Gasteiger partial charge in [-0.2, -0.15) is 0 Å². The Morgan fingerprint density at radius 1 is 1.56 bits per heavy atom. The Labute approximate surface area is 108 Å². The number of nitrogens with one attached hydrogen (secondary N) is 1. The van der Waals surface area contributed by atoms with Crippen molar-refractivity contribution in [1.29, 1.82) is 0 Å². The predicted octanol–water partition coefficient (Wildman–Crippen LogP) is 2.69. The molecule has 0 spiro atoms. The highest BCUT2D eigenvalue weighted by Crippen LogP contribution is 2.33. The normalized spacial score (nSPS) is 10.6. The van der Waals surface area contributed by atoms with Gasteiger partial charge in [0.25, 0.3) is 0 Å². The molecule has 0 aromatic carbocycles. The molecule has 2 aromatic rings. The van der Waals surface area contributed by atoms with E-state index in [1.165, 1.54) is 17.7 Å². The van der Waals surface area contributed by atoms with Crippen LogP contribution in [0.3, 0.4) is 0 Å².